The molecule has 0 aliphatic heterocycles. The fourth-order valence-corrected chi connectivity index (χ4v) is 1.69. The molecular weight excluding hydrogens is 236 g/mol. The third-order valence-electron chi connectivity index (χ3n) is 2.36. The van der Waals surface area contributed by atoms with Crippen LogP contribution in [0.15, 0.2) is 18.5 Å². The summed E-state index contributed by atoms with van der Waals surface area (Å²) in [6, 6.07) is 2.33. The van der Waals surface area contributed by atoms with E-state index in [0.717, 1.165) is 25.1 Å². The zero-order valence-electron chi connectivity index (χ0n) is 10.7. The molecular formula is C13H21ClN2O. The third kappa shape index (κ3) is 6.49. The number of hydrogen-bond acceptors (Lipinski definition) is 3. The lowest BCUT2D eigenvalue weighted by atomic mass is 10.2. The fraction of sp³-hybridized carbons (Fsp3) is 0.615. The van der Waals surface area contributed by atoms with Crippen molar-refractivity contribution >= 4 is 11.6 Å². The molecule has 1 aromatic rings. The van der Waals surface area contributed by atoms with Gasteiger partial charge in [0, 0.05) is 18.3 Å². The Balaban J connectivity index is 2.23. The number of nitrogens with zero attached hydrogens (tertiary/aromatic N) is 1. The summed E-state index contributed by atoms with van der Waals surface area (Å²) in [5.41, 5.74) is 0. The van der Waals surface area contributed by atoms with Gasteiger partial charge in [-0.05, 0) is 26.3 Å². The molecule has 1 aromatic heterocycles. The molecule has 1 rings (SSSR count). The Morgan fingerprint density at radius 1 is 1.35 bits per heavy atom. The Hall–Kier alpha value is -0.800. The van der Waals surface area contributed by atoms with Crippen LogP contribution in [0.2, 0.25) is 5.02 Å². The van der Waals surface area contributed by atoms with E-state index in [9.17, 15) is 0 Å². The Morgan fingerprint density at radius 2 is 2.12 bits per heavy atom. The first-order valence-corrected chi connectivity index (χ1v) is 6.46. The summed E-state index contributed by atoms with van der Waals surface area (Å²) in [4.78, 5) is 3.99. The first-order valence-electron chi connectivity index (χ1n) is 6.08. The van der Waals surface area contributed by atoms with Crippen molar-refractivity contribution in [2.45, 2.75) is 45.8 Å². The van der Waals surface area contributed by atoms with Gasteiger partial charge in [0.2, 0.25) is 0 Å². The van der Waals surface area contributed by atoms with Crippen LogP contribution in [0.3, 0.4) is 0 Å². The second kappa shape index (κ2) is 7.51. The standard InChI is InChI=1S/C13H21ClN2O/c1-10(2)16-6-4-5-11(3)17-13-7-12(14)8-15-9-13/h7-11,16H,4-6H2,1-3H3. The van der Waals surface area contributed by atoms with Crippen molar-refractivity contribution in [1.29, 1.82) is 0 Å². The molecule has 0 amide bonds. The summed E-state index contributed by atoms with van der Waals surface area (Å²) in [7, 11) is 0. The van der Waals surface area contributed by atoms with Gasteiger partial charge in [0.1, 0.15) is 5.75 Å². The molecule has 4 heteroatoms. The Bertz CT molecular complexity index is 331. The summed E-state index contributed by atoms with van der Waals surface area (Å²) in [6.07, 6.45) is 5.60. The van der Waals surface area contributed by atoms with Gasteiger partial charge < -0.3 is 10.1 Å². The fourth-order valence-electron chi connectivity index (χ4n) is 1.53. The van der Waals surface area contributed by atoms with Crippen LogP contribution >= 0.6 is 11.6 Å². The van der Waals surface area contributed by atoms with Crippen molar-refractivity contribution < 1.29 is 4.74 Å². The molecule has 0 spiro atoms. The van der Waals surface area contributed by atoms with Crippen LogP contribution in [0.1, 0.15) is 33.6 Å². The number of aromatic nitrogens is 1. The predicted molar refractivity (Wildman–Crippen MR) is 71.7 cm³/mol. The first-order chi connectivity index (χ1) is 8.08. The summed E-state index contributed by atoms with van der Waals surface area (Å²) < 4.78 is 5.73. The number of rotatable bonds is 7. The van der Waals surface area contributed by atoms with Crippen LogP contribution in [-0.4, -0.2) is 23.7 Å². The molecule has 0 radical (unpaired) electrons. The van der Waals surface area contributed by atoms with Crippen LogP contribution in [-0.2, 0) is 0 Å². The maximum Gasteiger partial charge on any atom is 0.139 e. The number of nitrogens with one attached hydrogen (secondary N) is 1. The van der Waals surface area contributed by atoms with Gasteiger partial charge in [-0.2, -0.15) is 0 Å². The van der Waals surface area contributed by atoms with Crippen molar-refractivity contribution in [3.63, 3.8) is 0 Å². The highest BCUT2D eigenvalue weighted by atomic mass is 35.5. The molecule has 0 saturated heterocycles. The highest BCUT2D eigenvalue weighted by molar-refractivity contribution is 6.30. The van der Waals surface area contributed by atoms with Crippen molar-refractivity contribution in [3.05, 3.63) is 23.5 Å². The molecule has 17 heavy (non-hydrogen) atoms. The zero-order valence-corrected chi connectivity index (χ0v) is 11.5. The van der Waals surface area contributed by atoms with Gasteiger partial charge in [0.25, 0.3) is 0 Å². The highest BCUT2D eigenvalue weighted by Crippen LogP contribution is 2.17. The maximum absolute atomic E-state index is 5.84. The topological polar surface area (TPSA) is 34.1 Å². The van der Waals surface area contributed by atoms with Crippen LogP contribution < -0.4 is 10.1 Å². The first kappa shape index (κ1) is 14.3. The molecule has 1 N–H and O–H groups in total. The summed E-state index contributed by atoms with van der Waals surface area (Å²) in [6.45, 7) is 7.39. The molecule has 0 aliphatic carbocycles. The average Bonchev–Trinajstić information content (AvgIpc) is 2.24. The van der Waals surface area contributed by atoms with Gasteiger partial charge >= 0.3 is 0 Å². The van der Waals surface area contributed by atoms with Gasteiger partial charge in [-0.3, -0.25) is 4.98 Å². The van der Waals surface area contributed by atoms with Gasteiger partial charge in [-0.15, -0.1) is 0 Å². The zero-order chi connectivity index (χ0) is 12.7. The minimum Gasteiger partial charge on any atom is -0.489 e. The summed E-state index contributed by atoms with van der Waals surface area (Å²) in [5, 5.41) is 3.99. The van der Waals surface area contributed by atoms with E-state index < -0.39 is 0 Å². The van der Waals surface area contributed by atoms with E-state index in [1.165, 1.54) is 0 Å². The number of hydrogen-bond donors (Lipinski definition) is 1. The van der Waals surface area contributed by atoms with Gasteiger partial charge in [0.15, 0.2) is 0 Å². The van der Waals surface area contributed by atoms with Crippen molar-refractivity contribution in [3.8, 4) is 5.75 Å². The Labute approximate surface area is 109 Å². The number of ether oxygens (including phenoxy) is 1. The Morgan fingerprint density at radius 3 is 2.76 bits per heavy atom. The van der Waals surface area contributed by atoms with E-state index >= 15 is 0 Å². The van der Waals surface area contributed by atoms with Gasteiger partial charge in [-0.25, -0.2) is 0 Å². The minimum atomic E-state index is 0.184. The lowest BCUT2D eigenvalue weighted by molar-refractivity contribution is 0.206. The van der Waals surface area contributed by atoms with E-state index in [2.05, 4.69) is 31.1 Å². The smallest absolute Gasteiger partial charge is 0.139 e. The normalized spacial score (nSPS) is 12.8. The van der Waals surface area contributed by atoms with E-state index in [-0.39, 0.29) is 6.10 Å². The van der Waals surface area contributed by atoms with Crippen molar-refractivity contribution in [1.82, 2.24) is 10.3 Å². The maximum atomic E-state index is 5.84. The predicted octanol–water partition coefficient (Wildman–Crippen LogP) is 3.28. The minimum absolute atomic E-state index is 0.184. The molecule has 0 aliphatic rings. The lowest BCUT2D eigenvalue weighted by Gasteiger charge is -2.15. The molecule has 0 bridgehead atoms. The van der Waals surface area contributed by atoms with E-state index in [4.69, 9.17) is 16.3 Å². The average molecular weight is 257 g/mol. The number of halogens is 1. The monoisotopic (exact) mass is 256 g/mol. The van der Waals surface area contributed by atoms with Crippen LogP contribution in [0.4, 0.5) is 0 Å². The van der Waals surface area contributed by atoms with Crippen LogP contribution in [0.5, 0.6) is 5.75 Å². The lowest BCUT2D eigenvalue weighted by Crippen LogP contribution is -2.25. The highest BCUT2D eigenvalue weighted by Gasteiger charge is 2.04. The second-order valence-electron chi connectivity index (χ2n) is 4.52. The summed E-state index contributed by atoms with van der Waals surface area (Å²) in [5.74, 6) is 0.738. The van der Waals surface area contributed by atoms with Crippen LogP contribution in [0, 0.1) is 0 Å². The third-order valence-corrected chi connectivity index (χ3v) is 2.56. The molecule has 0 saturated carbocycles. The van der Waals surface area contributed by atoms with E-state index in [0.29, 0.717) is 11.1 Å². The van der Waals surface area contributed by atoms with Crippen molar-refractivity contribution in [2.24, 2.45) is 0 Å². The molecule has 0 fully saturated rings. The van der Waals surface area contributed by atoms with Gasteiger partial charge in [0.05, 0.1) is 17.3 Å². The molecule has 96 valence electrons. The summed E-state index contributed by atoms with van der Waals surface area (Å²) >= 11 is 5.84. The number of pyridine rings is 1. The molecule has 1 unspecified atom stereocenters. The quantitative estimate of drug-likeness (QED) is 0.761. The molecule has 3 nitrogen and oxygen atoms in total. The molecule has 0 aromatic carbocycles. The van der Waals surface area contributed by atoms with Crippen LogP contribution in [0.25, 0.3) is 0 Å². The second-order valence-corrected chi connectivity index (χ2v) is 4.95. The van der Waals surface area contributed by atoms with Gasteiger partial charge in [-0.1, -0.05) is 25.4 Å². The Kier molecular flexibility index (Phi) is 6.30. The molecule has 1 atom stereocenters. The van der Waals surface area contributed by atoms with Crippen molar-refractivity contribution in [2.75, 3.05) is 6.54 Å². The van der Waals surface area contributed by atoms with E-state index in [1.807, 2.05) is 0 Å². The molecule has 1 heterocycles. The largest absolute Gasteiger partial charge is 0.489 e. The van der Waals surface area contributed by atoms with E-state index in [1.54, 1.807) is 18.5 Å². The SMILES string of the molecule is CC(C)NCCCC(C)Oc1cncc(Cl)c1.